The van der Waals surface area contributed by atoms with E-state index in [9.17, 15) is 4.79 Å². The predicted octanol–water partition coefficient (Wildman–Crippen LogP) is 4.87. The first kappa shape index (κ1) is 17.5. The summed E-state index contributed by atoms with van der Waals surface area (Å²) in [5, 5.41) is 4.62. The lowest BCUT2D eigenvalue weighted by molar-refractivity contribution is 0.0206. The minimum absolute atomic E-state index is 0.183. The molecule has 1 aliphatic rings. The van der Waals surface area contributed by atoms with E-state index in [1.165, 1.54) is 4.70 Å². The van der Waals surface area contributed by atoms with Crippen molar-refractivity contribution < 1.29 is 9.53 Å². The maximum Gasteiger partial charge on any atom is 0.410 e. The van der Waals surface area contributed by atoms with Crippen LogP contribution in [-0.2, 0) is 4.74 Å². The fourth-order valence-corrected chi connectivity index (χ4v) is 4.36. The SMILES string of the molecule is CC(C)(C)OC(=O)N1CCC[C@@H](Nc2nccc3sc(Br)cc23)C1. The van der Waals surface area contributed by atoms with Crippen LogP contribution in [0.3, 0.4) is 0 Å². The maximum atomic E-state index is 12.3. The van der Waals surface area contributed by atoms with Crippen LogP contribution in [0, 0.1) is 0 Å². The molecular weight excluding hydrogens is 390 g/mol. The first-order valence-corrected chi connectivity index (χ1v) is 9.71. The number of fused-ring (bicyclic) bond motifs is 1. The molecule has 2 aromatic rings. The number of ether oxygens (including phenoxy) is 1. The fraction of sp³-hybridized carbons (Fsp3) is 0.529. The van der Waals surface area contributed by atoms with Gasteiger partial charge in [0, 0.05) is 35.4 Å². The van der Waals surface area contributed by atoms with Gasteiger partial charge in [0.05, 0.1) is 3.79 Å². The number of hydrogen-bond acceptors (Lipinski definition) is 5. The summed E-state index contributed by atoms with van der Waals surface area (Å²) in [7, 11) is 0. The van der Waals surface area contributed by atoms with Crippen molar-refractivity contribution in [2.45, 2.75) is 45.3 Å². The molecule has 0 spiro atoms. The molecule has 0 saturated carbocycles. The van der Waals surface area contributed by atoms with Crippen molar-refractivity contribution in [3.63, 3.8) is 0 Å². The van der Waals surface area contributed by atoms with E-state index in [0.29, 0.717) is 6.54 Å². The van der Waals surface area contributed by atoms with E-state index < -0.39 is 5.60 Å². The summed E-state index contributed by atoms with van der Waals surface area (Å²) >= 11 is 5.23. The van der Waals surface area contributed by atoms with E-state index in [2.05, 4.69) is 32.3 Å². The van der Waals surface area contributed by atoms with Crippen LogP contribution in [0.5, 0.6) is 0 Å². The fourth-order valence-electron chi connectivity index (χ4n) is 2.83. The summed E-state index contributed by atoms with van der Waals surface area (Å²) in [5.41, 5.74) is -0.465. The predicted molar refractivity (Wildman–Crippen MR) is 102 cm³/mol. The van der Waals surface area contributed by atoms with Crippen LogP contribution in [-0.4, -0.2) is 40.7 Å². The van der Waals surface area contributed by atoms with Crippen molar-refractivity contribution >= 4 is 49.3 Å². The number of halogens is 1. The van der Waals surface area contributed by atoms with E-state index in [0.717, 1.165) is 34.4 Å². The van der Waals surface area contributed by atoms with Gasteiger partial charge in [0.2, 0.25) is 0 Å². The quantitative estimate of drug-likeness (QED) is 0.765. The molecule has 1 saturated heterocycles. The van der Waals surface area contributed by atoms with Crippen molar-refractivity contribution in [1.82, 2.24) is 9.88 Å². The molecule has 0 unspecified atom stereocenters. The molecular formula is C17H22BrN3O2S. The molecule has 0 radical (unpaired) electrons. The van der Waals surface area contributed by atoms with Gasteiger partial charge in [0.15, 0.2) is 0 Å². The summed E-state index contributed by atoms with van der Waals surface area (Å²) in [6.45, 7) is 7.06. The molecule has 3 heterocycles. The van der Waals surface area contributed by atoms with Gasteiger partial charge in [-0.15, -0.1) is 11.3 Å². The number of nitrogens with zero attached hydrogens (tertiary/aromatic N) is 2. The van der Waals surface area contributed by atoms with Gasteiger partial charge in [-0.05, 0) is 61.7 Å². The molecule has 0 aliphatic carbocycles. The average molecular weight is 412 g/mol. The van der Waals surface area contributed by atoms with Gasteiger partial charge in [-0.1, -0.05) is 0 Å². The maximum absolute atomic E-state index is 12.3. The van der Waals surface area contributed by atoms with Gasteiger partial charge in [-0.2, -0.15) is 0 Å². The topological polar surface area (TPSA) is 54.5 Å². The highest BCUT2D eigenvalue weighted by Crippen LogP contribution is 2.33. The number of carbonyl (C=O) groups excluding carboxylic acids is 1. The Hall–Kier alpha value is -1.34. The summed E-state index contributed by atoms with van der Waals surface area (Å²) in [6, 6.07) is 4.29. The van der Waals surface area contributed by atoms with Crippen molar-refractivity contribution in [2.75, 3.05) is 18.4 Å². The molecule has 5 nitrogen and oxygen atoms in total. The third kappa shape index (κ3) is 4.19. The number of hydrogen-bond donors (Lipinski definition) is 1. The lowest BCUT2D eigenvalue weighted by Crippen LogP contribution is -2.47. The van der Waals surface area contributed by atoms with E-state index >= 15 is 0 Å². The molecule has 24 heavy (non-hydrogen) atoms. The molecule has 1 fully saturated rings. The monoisotopic (exact) mass is 411 g/mol. The Bertz CT molecular complexity index is 741. The standard InChI is InChI=1S/C17H22BrN3O2S/c1-17(2,3)23-16(22)21-8-4-5-11(10-21)20-15-12-9-14(18)24-13(12)6-7-19-15/h6-7,9,11H,4-5,8,10H2,1-3H3,(H,19,20)/t11-/m1/s1. The van der Waals surface area contributed by atoms with Gasteiger partial charge in [-0.25, -0.2) is 9.78 Å². The smallest absolute Gasteiger partial charge is 0.410 e. The van der Waals surface area contributed by atoms with Crippen molar-refractivity contribution in [2.24, 2.45) is 0 Å². The highest BCUT2D eigenvalue weighted by atomic mass is 79.9. The van der Waals surface area contributed by atoms with Crippen LogP contribution < -0.4 is 5.32 Å². The van der Waals surface area contributed by atoms with Crippen molar-refractivity contribution in [3.8, 4) is 0 Å². The molecule has 0 bridgehead atoms. The number of aromatic nitrogens is 1. The molecule has 1 amide bonds. The third-order valence-corrected chi connectivity index (χ3v) is 5.43. The molecule has 1 atom stereocenters. The number of carbonyl (C=O) groups is 1. The van der Waals surface area contributed by atoms with Crippen LogP contribution in [0.25, 0.3) is 10.1 Å². The zero-order valence-corrected chi connectivity index (χ0v) is 16.5. The van der Waals surface area contributed by atoms with Gasteiger partial charge in [-0.3, -0.25) is 0 Å². The Labute approximate surface area is 154 Å². The number of amides is 1. The van der Waals surface area contributed by atoms with Crippen LogP contribution >= 0.6 is 27.3 Å². The van der Waals surface area contributed by atoms with E-state index in [1.807, 2.05) is 33.0 Å². The molecule has 2 aromatic heterocycles. The summed E-state index contributed by atoms with van der Waals surface area (Å²) < 4.78 is 7.77. The van der Waals surface area contributed by atoms with Gasteiger partial charge in [0.25, 0.3) is 0 Å². The summed E-state index contributed by atoms with van der Waals surface area (Å²) in [6.07, 6.45) is 3.56. The number of thiophene rings is 1. The number of piperidine rings is 1. The number of rotatable bonds is 2. The second kappa shape index (κ2) is 6.88. The summed E-state index contributed by atoms with van der Waals surface area (Å²) in [5.74, 6) is 0.880. The van der Waals surface area contributed by atoms with Crippen LogP contribution in [0.1, 0.15) is 33.6 Å². The minimum Gasteiger partial charge on any atom is -0.444 e. The zero-order chi connectivity index (χ0) is 17.3. The molecule has 130 valence electrons. The zero-order valence-electron chi connectivity index (χ0n) is 14.1. The molecule has 7 heteroatoms. The minimum atomic E-state index is -0.465. The first-order chi connectivity index (χ1) is 11.3. The first-order valence-electron chi connectivity index (χ1n) is 8.10. The molecule has 1 N–H and O–H groups in total. The van der Waals surface area contributed by atoms with E-state index in [-0.39, 0.29) is 12.1 Å². The van der Waals surface area contributed by atoms with Crippen molar-refractivity contribution in [1.29, 1.82) is 0 Å². The molecule has 1 aliphatic heterocycles. The highest BCUT2D eigenvalue weighted by molar-refractivity contribution is 9.11. The normalized spacial score (nSPS) is 18.7. The van der Waals surface area contributed by atoms with Gasteiger partial charge >= 0.3 is 6.09 Å². The Morgan fingerprint density at radius 2 is 2.29 bits per heavy atom. The lowest BCUT2D eigenvalue weighted by Gasteiger charge is -2.34. The molecule has 3 rings (SSSR count). The van der Waals surface area contributed by atoms with Gasteiger partial charge in [0.1, 0.15) is 11.4 Å². The largest absolute Gasteiger partial charge is 0.444 e. The van der Waals surface area contributed by atoms with E-state index in [1.54, 1.807) is 16.2 Å². The van der Waals surface area contributed by atoms with Gasteiger partial charge < -0.3 is 15.0 Å². The van der Waals surface area contributed by atoms with Crippen LogP contribution in [0.15, 0.2) is 22.1 Å². The second-order valence-electron chi connectivity index (χ2n) is 7.03. The number of pyridine rings is 1. The average Bonchev–Trinajstić information content (AvgIpc) is 2.87. The van der Waals surface area contributed by atoms with Crippen LogP contribution in [0.4, 0.5) is 10.6 Å². The highest BCUT2D eigenvalue weighted by Gasteiger charge is 2.28. The number of anilines is 1. The third-order valence-electron chi connectivity index (χ3n) is 3.83. The number of likely N-dealkylation sites (tertiary alicyclic amines) is 1. The Morgan fingerprint density at radius 3 is 3.04 bits per heavy atom. The number of nitrogens with one attached hydrogen (secondary N) is 1. The van der Waals surface area contributed by atoms with Crippen molar-refractivity contribution in [3.05, 3.63) is 22.1 Å². The van der Waals surface area contributed by atoms with E-state index in [4.69, 9.17) is 4.74 Å². The molecule has 0 aromatic carbocycles. The second-order valence-corrected chi connectivity index (χ2v) is 9.49. The Kier molecular flexibility index (Phi) is 5.01. The lowest BCUT2D eigenvalue weighted by atomic mass is 10.1. The van der Waals surface area contributed by atoms with Crippen LogP contribution in [0.2, 0.25) is 0 Å². The Balaban J connectivity index is 1.70. The Morgan fingerprint density at radius 1 is 1.50 bits per heavy atom. The summed E-state index contributed by atoms with van der Waals surface area (Å²) in [4.78, 5) is 18.6.